The van der Waals surface area contributed by atoms with Gasteiger partial charge in [-0.05, 0) is 41.0 Å². The quantitative estimate of drug-likeness (QED) is 0.441. The van der Waals surface area contributed by atoms with Gasteiger partial charge in [-0.25, -0.2) is 4.79 Å². The summed E-state index contributed by atoms with van der Waals surface area (Å²) in [5, 5.41) is 3.27. The molecule has 0 amide bonds. The summed E-state index contributed by atoms with van der Waals surface area (Å²) in [6.45, 7) is 12.7. The summed E-state index contributed by atoms with van der Waals surface area (Å²) in [5.74, 6) is -0.239. The topological polar surface area (TPSA) is 47.6 Å². The number of hydrogen-bond donors (Lipinski definition) is 1. The first-order valence-corrected chi connectivity index (χ1v) is 8.42. The minimum Gasteiger partial charge on any atom is -0.465 e. The second-order valence-corrected chi connectivity index (χ2v) is 6.32. The molecule has 0 aliphatic carbocycles. The highest BCUT2D eigenvalue weighted by Crippen LogP contribution is 2.14. The zero-order chi connectivity index (χ0) is 16.3. The van der Waals surface area contributed by atoms with E-state index in [-0.39, 0.29) is 18.1 Å². The van der Waals surface area contributed by atoms with Crippen molar-refractivity contribution in [3.63, 3.8) is 0 Å². The maximum atomic E-state index is 12.1. The highest BCUT2D eigenvalue weighted by Gasteiger charge is 2.36. The van der Waals surface area contributed by atoms with Gasteiger partial charge in [0.25, 0.3) is 0 Å². The molecule has 21 heavy (non-hydrogen) atoms. The Hall–Kier alpha value is -0.610. The number of unbranched alkanes of at least 4 members (excludes halogenated alkanes) is 3. The average molecular weight is 301 g/mol. The number of rotatable bonds is 12. The molecule has 0 bridgehead atoms. The highest BCUT2D eigenvalue weighted by molar-refractivity contribution is 5.80. The van der Waals surface area contributed by atoms with Crippen LogP contribution < -0.4 is 5.32 Å². The molecule has 126 valence electrons. The Morgan fingerprint density at radius 2 is 1.81 bits per heavy atom. The van der Waals surface area contributed by atoms with E-state index >= 15 is 0 Å². The van der Waals surface area contributed by atoms with Crippen molar-refractivity contribution in [1.29, 1.82) is 0 Å². The lowest BCUT2D eigenvalue weighted by atomic mass is 10.0. The molecule has 0 aromatic carbocycles. The van der Waals surface area contributed by atoms with Crippen molar-refractivity contribution in [3.8, 4) is 0 Å². The summed E-state index contributed by atoms with van der Waals surface area (Å²) in [4.78, 5) is 12.1. The van der Waals surface area contributed by atoms with Crippen LogP contribution in [0.15, 0.2) is 0 Å². The van der Waals surface area contributed by atoms with Crippen LogP contribution in [0.4, 0.5) is 0 Å². The fraction of sp³-hybridized carbons (Fsp3) is 0.941. The molecule has 0 aromatic heterocycles. The lowest BCUT2D eigenvalue weighted by Gasteiger charge is -2.31. The third-order valence-electron chi connectivity index (χ3n) is 3.45. The summed E-state index contributed by atoms with van der Waals surface area (Å²) in [5.41, 5.74) is -0.776. The Labute approximate surface area is 131 Å². The van der Waals surface area contributed by atoms with E-state index in [2.05, 4.69) is 19.2 Å². The first kappa shape index (κ1) is 20.4. The molecule has 0 fully saturated rings. The molecular weight excluding hydrogens is 266 g/mol. The summed E-state index contributed by atoms with van der Waals surface area (Å²) in [6, 6.07) is 0.197. The Morgan fingerprint density at radius 1 is 1.14 bits per heavy atom. The van der Waals surface area contributed by atoms with Crippen LogP contribution >= 0.6 is 0 Å². The molecule has 1 N–H and O–H groups in total. The fourth-order valence-corrected chi connectivity index (χ4v) is 2.34. The summed E-state index contributed by atoms with van der Waals surface area (Å²) in [6.07, 6.45) is 6.17. The first-order chi connectivity index (χ1) is 9.85. The minimum atomic E-state index is -0.776. The predicted molar refractivity (Wildman–Crippen MR) is 87.5 cm³/mol. The molecule has 2 atom stereocenters. The van der Waals surface area contributed by atoms with Crippen LogP contribution in [0.3, 0.4) is 0 Å². The second kappa shape index (κ2) is 11.0. The Balaban J connectivity index is 4.31. The third kappa shape index (κ3) is 9.10. The molecule has 0 aliphatic heterocycles. The van der Waals surface area contributed by atoms with E-state index in [1.807, 2.05) is 27.7 Å². The fourth-order valence-electron chi connectivity index (χ4n) is 2.34. The molecule has 0 aromatic rings. The van der Waals surface area contributed by atoms with Crippen molar-refractivity contribution in [3.05, 3.63) is 0 Å². The molecule has 2 unspecified atom stereocenters. The van der Waals surface area contributed by atoms with Gasteiger partial charge in [0.2, 0.25) is 0 Å². The number of esters is 1. The molecular formula is C17H35NO3. The first-order valence-electron chi connectivity index (χ1n) is 8.42. The van der Waals surface area contributed by atoms with Gasteiger partial charge >= 0.3 is 5.97 Å². The number of hydrogen-bond acceptors (Lipinski definition) is 4. The summed E-state index contributed by atoms with van der Waals surface area (Å²) < 4.78 is 11.1. The lowest BCUT2D eigenvalue weighted by molar-refractivity contribution is -0.154. The molecule has 0 heterocycles. The number of ether oxygens (including phenoxy) is 2. The van der Waals surface area contributed by atoms with Gasteiger partial charge in [0.15, 0.2) is 0 Å². The third-order valence-corrected chi connectivity index (χ3v) is 3.45. The van der Waals surface area contributed by atoms with Gasteiger partial charge in [0.1, 0.15) is 5.54 Å². The van der Waals surface area contributed by atoms with Crippen molar-refractivity contribution < 1.29 is 14.3 Å². The predicted octanol–water partition coefficient (Wildman–Crippen LogP) is 3.68. The van der Waals surface area contributed by atoms with Crippen molar-refractivity contribution in [1.82, 2.24) is 5.32 Å². The molecule has 0 saturated heterocycles. The van der Waals surface area contributed by atoms with Gasteiger partial charge in [0.05, 0.1) is 19.3 Å². The van der Waals surface area contributed by atoms with Crippen molar-refractivity contribution in [2.45, 2.75) is 91.3 Å². The van der Waals surface area contributed by atoms with Crippen molar-refractivity contribution in [2.75, 3.05) is 13.2 Å². The Kier molecular flexibility index (Phi) is 10.7. The standard InChI is InChI=1S/C17H35NO3/c1-7-9-10-11-12-15(5)21-13-17(6,18-14(3)4)16(19)20-8-2/h14-15,18H,7-13H2,1-6H3. The van der Waals surface area contributed by atoms with Crippen LogP contribution in [0.25, 0.3) is 0 Å². The van der Waals surface area contributed by atoms with E-state index in [9.17, 15) is 4.79 Å². The molecule has 0 rings (SSSR count). The van der Waals surface area contributed by atoms with Crippen LogP contribution in [0.2, 0.25) is 0 Å². The van der Waals surface area contributed by atoms with E-state index in [4.69, 9.17) is 9.47 Å². The largest absolute Gasteiger partial charge is 0.465 e. The van der Waals surface area contributed by atoms with Crippen LogP contribution in [-0.2, 0) is 14.3 Å². The molecule has 4 nitrogen and oxygen atoms in total. The van der Waals surface area contributed by atoms with Gasteiger partial charge in [-0.15, -0.1) is 0 Å². The number of carbonyl (C=O) groups is 1. The smallest absolute Gasteiger partial charge is 0.328 e. The molecule has 0 radical (unpaired) electrons. The van der Waals surface area contributed by atoms with E-state index in [0.29, 0.717) is 13.2 Å². The summed E-state index contributed by atoms with van der Waals surface area (Å²) in [7, 11) is 0. The zero-order valence-corrected chi connectivity index (χ0v) is 14.8. The SMILES string of the molecule is CCCCCCC(C)OCC(C)(NC(C)C)C(=O)OCC. The van der Waals surface area contributed by atoms with Gasteiger partial charge in [-0.3, -0.25) is 5.32 Å². The van der Waals surface area contributed by atoms with Gasteiger partial charge < -0.3 is 9.47 Å². The van der Waals surface area contributed by atoms with Crippen LogP contribution in [0.1, 0.15) is 73.6 Å². The minimum absolute atomic E-state index is 0.171. The zero-order valence-electron chi connectivity index (χ0n) is 14.8. The second-order valence-electron chi connectivity index (χ2n) is 6.32. The van der Waals surface area contributed by atoms with E-state index < -0.39 is 5.54 Å². The Bertz CT molecular complexity index is 281. The molecule has 0 aliphatic rings. The van der Waals surface area contributed by atoms with E-state index in [1.165, 1.54) is 25.7 Å². The van der Waals surface area contributed by atoms with Crippen LogP contribution in [0.5, 0.6) is 0 Å². The van der Waals surface area contributed by atoms with Crippen LogP contribution in [0, 0.1) is 0 Å². The van der Waals surface area contributed by atoms with Crippen molar-refractivity contribution in [2.24, 2.45) is 0 Å². The maximum absolute atomic E-state index is 12.1. The summed E-state index contributed by atoms with van der Waals surface area (Å²) >= 11 is 0. The number of carbonyl (C=O) groups excluding carboxylic acids is 1. The Morgan fingerprint density at radius 3 is 2.33 bits per heavy atom. The average Bonchev–Trinajstić information content (AvgIpc) is 2.41. The molecule has 4 heteroatoms. The lowest BCUT2D eigenvalue weighted by Crippen LogP contribution is -2.56. The van der Waals surface area contributed by atoms with E-state index in [1.54, 1.807) is 0 Å². The normalized spacial score (nSPS) is 15.8. The monoisotopic (exact) mass is 301 g/mol. The highest BCUT2D eigenvalue weighted by atomic mass is 16.5. The maximum Gasteiger partial charge on any atom is 0.328 e. The van der Waals surface area contributed by atoms with Gasteiger partial charge in [-0.2, -0.15) is 0 Å². The van der Waals surface area contributed by atoms with Gasteiger partial charge in [-0.1, -0.05) is 32.6 Å². The number of nitrogens with one attached hydrogen (secondary N) is 1. The van der Waals surface area contributed by atoms with Crippen molar-refractivity contribution >= 4 is 5.97 Å². The van der Waals surface area contributed by atoms with Crippen LogP contribution in [-0.4, -0.2) is 36.9 Å². The molecule has 0 spiro atoms. The van der Waals surface area contributed by atoms with E-state index in [0.717, 1.165) is 6.42 Å². The van der Waals surface area contributed by atoms with Gasteiger partial charge in [0, 0.05) is 6.04 Å². The molecule has 0 saturated carbocycles.